The predicted molar refractivity (Wildman–Crippen MR) is 47.6 cm³/mol. The molecule has 0 saturated carbocycles. The molecule has 0 aromatic carbocycles. The Morgan fingerprint density at radius 2 is 2.06 bits per heavy atom. The van der Waals surface area contributed by atoms with E-state index in [0.29, 0.717) is 0 Å². The Balaban J connectivity index is 2.87. The van der Waals surface area contributed by atoms with E-state index < -0.39 is 42.9 Å². The monoisotopic (exact) mass is 239 g/mol. The molecule has 0 radical (unpaired) electrons. The Morgan fingerprint density at radius 3 is 2.50 bits per heavy atom. The lowest BCUT2D eigenvalue weighted by atomic mass is 9.96. The minimum atomic E-state index is -3.35. The molecular weight excluding hydrogens is 225 g/mol. The molecule has 1 amide bonds. The van der Waals surface area contributed by atoms with Crippen molar-refractivity contribution in [1.29, 1.82) is 0 Å². The molecule has 8 heteroatoms. The Labute approximate surface area is 90.5 Å². The van der Waals surface area contributed by atoms with E-state index in [0.717, 1.165) is 6.92 Å². The molecule has 5 N–H and O–H groups in total. The number of carbonyl (C=O) groups is 1. The second-order valence-electron chi connectivity index (χ2n) is 3.61. The van der Waals surface area contributed by atoms with E-state index in [4.69, 9.17) is 5.11 Å². The number of hydrogen-bond donors (Lipinski definition) is 5. The van der Waals surface area contributed by atoms with Crippen LogP contribution >= 0.6 is 0 Å². The van der Waals surface area contributed by atoms with Gasteiger partial charge in [-0.15, -0.1) is 0 Å². The van der Waals surface area contributed by atoms with Gasteiger partial charge in [-0.3, -0.25) is 4.79 Å². The van der Waals surface area contributed by atoms with Crippen molar-refractivity contribution in [3.8, 4) is 0 Å². The highest BCUT2D eigenvalue weighted by Gasteiger charge is 2.54. The van der Waals surface area contributed by atoms with Crippen LogP contribution in [0.15, 0.2) is 0 Å². The van der Waals surface area contributed by atoms with Gasteiger partial charge in [0.25, 0.3) is 0 Å². The first-order chi connectivity index (χ1) is 7.29. The lowest BCUT2D eigenvalue weighted by molar-refractivity contribution is -0.376. The Hall–Kier alpha value is -0.800. The molecule has 1 heterocycles. The number of amides is 1. The molecule has 0 spiro atoms. The standard InChI is InChI=1S/C8H14FNO6/c1-3(12)10-7-6(14)5(13)4(2-11)16-8(7,9)15/h4-7,11,13-15H,2H2,1H3,(H,10,12)/t4-,5+,6+,7-,8?/m1/s1. The zero-order chi connectivity index (χ0) is 12.5. The summed E-state index contributed by atoms with van der Waals surface area (Å²) in [6.07, 6.45) is -4.86. The summed E-state index contributed by atoms with van der Waals surface area (Å²) >= 11 is 0. The third-order valence-electron chi connectivity index (χ3n) is 2.31. The number of rotatable bonds is 2. The molecule has 94 valence electrons. The molecule has 1 saturated heterocycles. The highest BCUT2D eigenvalue weighted by atomic mass is 19.2. The number of aliphatic hydroxyl groups excluding tert-OH is 3. The number of carbonyl (C=O) groups excluding carboxylic acids is 1. The second-order valence-corrected chi connectivity index (χ2v) is 3.61. The average molecular weight is 239 g/mol. The van der Waals surface area contributed by atoms with Crippen molar-refractivity contribution in [2.45, 2.75) is 37.3 Å². The normalized spacial score (nSPS) is 44.1. The van der Waals surface area contributed by atoms with Gasteiger partial charge in [-0.1, -0.05) is 0 Å². The summed E-state index contributed by atoms with van der Waals surface area (Å²) in [7, 11) is 0. The van der Waals surface area contributed by atoms with Crippen LogP contribution in [0.1, 0.15) is 6.92 Å². The smallest absolute Gasteiger partial charge is 0.341 e. The van der Waals surface area contributed by atoms with Crippen molar-refractivity contribution in [2.24, 2.45) is 0 Å². The van der Waals surface area contributed by atoms with Crippen LogP contribution in [0, 0.1) is 0 Å². The van der Waals surface area contributed by atoms with Gasteiger partial charge in [-0.05, 0) is 0 Å². The molecule has 16 heavy (non-hydrogen) atoms. The van der Waals surface area contributed by atoms with Gasteiger partial charge in [0.1, 0.15) is 24.4 Å². The third kappa shape index (κ3) is 2.47. The number of halogens is 1. The maximum absolute atomic E-state index is 13.5. The van der Waals surface area contributed by atoms with E-state index in [1.54, 1.807) is 0 Å². The summed E-state index contributed by atoms with van der Waals surface area (Å²) < 4.78 is 17.8. The highest BCUT2D eigenvalue weighted by Crippen LogP contribution is 2.29. The zero-order valence-electron chi connectivity index (χ0n) is 8.50. The number of hydrogen-bond acceptors (Lipinski definition) is 6. The number of alkyl halides is 1. The fraction of sp³-hybridized carbons (Fsp3) is 0.875. The molecule has 7 nitrogen and oxygen atoms in total. The fourth-order valence-corrected chi connectivity index (χ4v) is 1.52. The van der Waals surface area contributed by atoms with E-state index in [-0.39, 0.29) is 0 Å². The minimum absolute atomic E-state index is 0.710. The fourth-order valence-electron chi connectivity index (χ4n) is 1.52. The Kier molecular flexibility index (Phi) is 3.81. The third-order valence-corrected chi connectivity index (χ3v) is 2.31. The van der Waals surface area contributed by atoms with Gasteiger partial charge in [0, 0.05) is 6.92 Å². The van der Waals surface area contributed by atoms with Crippen molar-refractivity contribution in [3.63, 3.8) is 0 Å². The van der Waals surface area contributed by atoms with Crippen molar-refractivity contribution < 1.29 is 34.3 Å². The van der Waals surface area contributed by atoms with Gasteiger partial charge < -0.3 is 30.5 Å². The summed E-state index contributed by atoms with van der Waals surface area (Å²) in [4.78, 5) is 10.7. The van der Waals surface area contributed by atoms with E-state index in [2.05, 4.69) is 4.74 Å². The summed E-state index contributed by atoms with van der Waals surface area (Å²) in [6.45, 7) is 0.268. The van der Waals surface area contributed by atoms with Crippen LogP contribution in [0.5, 0.6) is 0 Å². The van der Waals surface area contributed by atoms with Gasteiger partial charge in [0.15, 0.2) is 0 Å². The largest absolute Gasteiger partial charge is 0.394 e. The number of ether oxygens (including phenoxy) is 1. The molecule has 1 unspecified atom stereocenters. The number of nitrogens with one attached hydrogen (secondary N) is 1. The average Bonchev–Trinajstić information content (AvgIpc) is 2.18. The van der Waals surface area contributed by atoms with E-state index in [1.807, 2.05) is 5.32 Å². The van der Waals surface area contributed by atoms with Gasteiger partial charge in [0.2, 0.25) is 5.91 Å². The van der Waals surface area contributed by atoms with E-state index in [9.17, 15) is 24.5 Å². The predicted octanol–water partition coefficient (Wildman–Crippen LogP) is -2.78. The van der Waals surface area contributed by atoms with Gasteiger partial charge in [-0.2, -0.15) is 4.39 Å². The van der Waals surface area contributed by atoms with Gasteiger partial charge >= 0.3 is 6.04 Å². The molecule has 0 aliphatic carbocycles. The van der Waals surface area contributed by atoms with Crippen LogP contribution < -0.4 is 5.32 Å². The first-order valence-corrected chi connectivity index (χ1v) is 4.62. The molecule has 1 aliphatic heterocycles. The van der Waals surface area contributed by atoms with E-state index >= 15 is 0 Å². The summed E-state index contributed by atoms with van der Waals surface area (Å²) in [5, 5.41) is 38.7. The molecule has 1 fully saturated rings. The first-order valence-electron chi connectivity index (χ1n) is 4.62. The topological polar surface area (TPSA) is 119 Å². The summed E-state index contributed by atoms with van der Waals surface area (Å²) in [6, 6.07) is -5.17. The maximum atomic E-state index is 13.5. The molecular formula is C8H14FNO6. The molecule has 5 atom stereocenters. The second kappa shape index (κ2) is 4.60. The molecule has 1 aliphatic rings. The lowest BCUT2D eigenvalue weighted by Crippen LogP contribution is -2.68. The van der Waals surface area contributed by atoms with Crippen LogP contribution in [-0.2, 0) is 9.53 Å². The molecule has 0 aromatic heterocycles. The molecule has 1 rings (SSSR count). The van der Waals surface area contributed by atoms with Crippen molar-refractivity contribution >= 4 is 5.91 Å². The zero-order valence-corrected chi connectivity index (χ0v) is 8.50. The minimum Gasteiger partial charge on any atom is -0.394 e. The van der Waals surface area contributed by atoms with Crippen LogP contribution in [0.3, 0.4) is 0 Å². The van der Waals surface area contributed by atoms with Crippen molar-refractivity contribution in [2.75, 3.05) is 6.61 Å². The van der Waals surface area contributed by atoms with Crippen molar-refractivity contribution in [1.82, 2.24) is 5.32 Å². The Bertz CT molecular complexity index is 273. The van der Waals surface area contributed by atoms with E-state index in [1.165, 1.54) is 0 Å². The highest BCUT2D eigenvalue weighted by molar-refractivity contribution is 5.73. The van der Waals surface area contributed by atoms with Crippen molar-refractivity contribution in [3.05, 3.63) is 0 Å². The first kappa shape index (κ1) is 13.3. The molecule has 0 aromatic rings. The van der Waals surface area contributed by atoms with Gasteiger partial charge in [-0.25, -0.2) is 0 Å². The summed E-state index contributed by atoms with van der Waals surface area (Å²) in [5.74, 6) is -0.710. The number of aliphatic hydroxyl groups is 4. The van der Waals surface area contributed by atoms with Crippen LogP contribution in [-0.4, -0.2) is 63.3 Å². The molecule has 0 bridgehead atoms. The quantitative estimate of drug-likeness (QED) is 0.355. The summed E-state index contributed by atoms with van der Waals surface area (Å²) in [5.41, 5.74) is 0. The maximum Gasteiger partial charge on any atom is 0.341 e. The van der Waals surface area contributed by atoms with Gasteiger partial charge in [0.05, 0.1) is 6.61 Å². The van der Waals surface area contributed by atoms with Crippen LogP contribution in [0.4, 0.5) is 4.39 Å². The SMILES string of the molecule is CC(=O)N[C@@H]1[C@@H](O)[C@@H](O)[C@@H](CO)OC1(O)F. The van der Waals surface area contributed by atoms with Crippen LogP contribution in [0.25, 0.3) is 0 Å². The van der Waals surface area contributed by atoms with Crippen LogP contribution in [0.2, 0.25) is 0 Å². The Morgan fingerprint density at radius 1 is 1.50 bits per heavy atom. The lowest BCUT2D eigenvalue weighted by Gasteiger charge is -2.42.